The van der Waals surface area contributed by atoms with Crippen LogP contribution in [0.2, 0.25) is 0 Å². The number of hydrogen-bond acceptors (Lipinski definition) is 3. The highest BCUT2D eigenvalue weighted by Crippen LogP contribution is 2.25. The lowest BCUT2D eigenvalue weighted by Gasteiger charge is -2.23. The Balaban J connectivity index is 2.55. The van der Waals surface area contributed by atoms with E-state index in [1.807, 2.05) is 20.8 Å². The van der Waals surface area contributed by atoms with Gasteiger partial charge in [-0.2, -0.15) is 0 Å². The predicted molar refractivity (Wildman–Crippen MR) is 62.6 cm³/mol. The van der Waals surface area contributed by atoms with Gasteiger partial charge in [-0.05, 0) is 33.1 Å². The van der Waals surface area contributed by atoms with Gasteiger partial charge in [-0.1, -0.05) is 0 Å². The van der Waals surface area contributed by atoms with Crippen LogP contribution in [0.15, 0.2) is 0 Å². The van der Waals surface area contributed by atoms with Gasteiger partial charge >= 0.3 is 5.97 Å². The molecule has 1 saturated heterocycles. The first-order valence-electron chi connectivity index (χ1n) is 5.91. The van der Waals surface area contributed by atoms with Crippen LogP contribution in [0.3, 0.4) is 0 Å². The number of carbonyl (C=O) groups excluding carboxylic acids is 1. The average Bonchev–Trinajstić information content (AvgIpc) is 2.63. The molecular formula is C12H21NO4. The minimum Gasteiger partial charge on any atom is -0.481 e. The van der Waals surface area contributed by atoms with Crippen LogP contribution in [0.1, 0.15) is 33.6 Å². The van der Waals surface area contributed by atoms with Crippen molar-refractivity contribution in [1.29, 1.82) is 0 Å². The molecule has 2 N–H and O–H groups in total. The summed E-state index contributed by atoms with van der Waals surface area (Å²) in [6.45, 7) is 6.66. The molecule has 2 atom stereocenters. The van der Waals surface area contributed by atoms with Crippen LogP contribution in [-0.2, 0) is 14.3 Å². The summed E-state index contributed by atoms with van der Waals surface area (Å²) in [4.78, 5) is 22.9. The molecule has 1 rings (SSSR count). The first kappa shape index (κ1) is 14.0. The van der Waals surface area contributed by atoms with Gasteiger partial charge in [-0.3, -0.25) is 9.59 Å². The minimum atomic E-state index is -0.912. The Morgan fingerprint density at radius 1 is 1.47 bits per heavy atom. The summed E-state index contributed by atoms with van der Waals surface area (Å²) in [7, 11) is 0. The molecule has 1 amide bonds. The van der Waals surface area contributed by atoms with E-state index >= 15 is 0 Å². The summed E-state index contributed by atoms with van der Waals surface area (Å²) >= 11 is 0. The van der Waals surface area contributed by atoms with Gasteiger partial charge in [0.15, 0.2) is 0 Å². The van der Waals surface area contributed by atoms with Crippen LogP contribution >= 0.6 is 0 Å². The fraction of sp³-hybridized carbons (Fsp3) is 0.833. The van der Waals surface area contributed by atoms with E-state index in [1.165, 1.54) is 0 Å². The lowest BCUT2D eigenvalue weighted by Crippen LogP contribution is -2.42. The van der Waals surface area contributed by atoms with Crippen LogP contribution in [0.4, 0.5) is 0 Å². The largest absolute Gasteiger partial charge is 0.481 e. The fourth-order valence-electron chi connectivity index (χ4n) is 1.99. The second kappa shape index (κ2) is 5.49. The third-order valence-corrected chi connectivity index (χ3v) is 2.77. The van der Waals surface area contributed by atoms with Gasteiger partial charge in [0.25, 0.3) is 0 Å². The third-order valence-electron chi connectivity index (χ3n) is 2.77. The first-order valence-corrected chi connectivity index (χ1v) is 5.91. The van der Waals surface area contributed by atoms with Gasteiger partial charge < -0.3 is 15.2 Å². The lowest BCUT2D eigenvalue weighted by atomic mass is 9.88. The van der Waals surface area contributed by atoms with Gasteiger partial charge in [-0.15, -0.1) is 0 Å². The van der Waals surface area contributed by atoms with E-state index in [9.17, 15) is 9.59 Å². The van der Waals surface area contributed by atoms with E-state index in [1.54, 1.807) is 0 Å². The highest BCUT2D eigenvalue weighted by molar-refractivity contribution is 5.82. The summed E-state index contributed by atoms with van der Waals surface area (Å²) in [6, 6.07) is 0. The molecule has 1 aliphatic rings. The Morgan fingerprint density at radius 2 is 2.12 bits per heavy atom. The highest BCUT2D eigenvalue weighted by atomic mass is 16.5. The first-order chi connectivity index (χ1) is 7.79. The van der Waals surface area contributed by atoms with Crippen LogP contribution in [0.5, 0.6) is 0 Å². The molecule has 1 fully saturated rings. The van der Waals surface area contributed by atoms with Gasteiger partial charge in [0.05, 0.1) is 12.5 Å². The molecule has 0 spiro atoms. The monoisotopic (exact) mass is 243 g/mol. The molecule has 0 radical (unpaired) electrons. The molecule has 0 aromatic rings. The van der Waals surface area contributed by atoms with E-state index in [0.29, 0.717) is 13.2 Å². The Hall–Kier alpha value is -1.10. The smallest absolute Gasteiger partial charge is 0.307 e. The predicted octanol–water partition coefficient (Wildman–Crippen LogP) is 1.03. The lowest BCUT2D eigenvalue weighted by molar-refractivity contribution is -0.146. The molecule has 1 heterocycles. The SMILES string of the molecule is CC(C)(C)NC(=O)CC(C(=O)O)C1CCOC1. The van der Waals surface area contributed by atoms with Gasteiger partial charge in [0.2, 0.25) is 5.91 Å². The number of ether oxygens (including phenoxy) is 1. The highest BCUT2D eigenvalue weighted by Gasteiger charge is 2.33. The van der Waals surface area contributed by atoms with Crippen LogP contribution in [-0.4, -0.2) is 35.7 Å². The number of rotatable bonds is 4. The number of aliphatic carboxylic acids is 1. The van der Waals surface area contributed by atoms with Crippen molar-refractivity contribution in [3.05, 3.63) is 0 Å². The summed E-state index contributed by atoms with van der Waals surface area (Å²) < 4.78 is 5.18. The fourth-order valence-corrected chi connectivity index (χ4v) is 1.99. The van der Waals surface area contributed by atoms with E-state index in [2.05, 4.69) is 5.32 Å². The quantitative estimate of drug-likeness (QED) is 0.773. The molecule has 0 aromatic carbocycles. The van der Waals surface area contributed by atoms with Gasteiger partial charge in [-0.25, -0.2) is 0 Å². The Bertz CT molecular complexity index is 289. The standard InChI is InChI=1S/C12H21NO4/c1-12(2,3)13-10(14)6-9(11(15)16)8-4-5-17-7-8/h8-9H,4-7H2,1-3H3,(H,13,14)(H,15,16). The topological polar surface area (TPSA) is 75.6 Å². The molecular weight excluding hydrogens is 222 g/mol. The van der Waals surface area contributed by atoms with Crippen molar-refractivity contribution < 1.29 is 19.4 Å². The van der Waals surface area contributed by atoms with Crippen molar-refractivity contribution in [2.45, 2.75) is 39.2 Å². The van der Waals surface area contributed by atoms with E-state index in [-0.39, 0.29) is 23.8 Å². The van der Waals surface area contributed by atoms with Gasteiger partial charge in [0, 0.05) is 18.6 Å². The molecule has 17 heavy (non-hydrogen) atoms. The maximum atomic E-state index is 11.7. The Kier molecular flexibility index (Phi) is 4.51. The normalized spacial score (nSPS) is 22.2. The van der Waals surface area contributed by atoms with Crippen molar-refractivity contribution in [3.8, 4) is 0 Å². The summed E-state index contributed by atoms with van der Waals surface area (Å²) in [5.41, 5.74) is -0.327. The zero-order valence-corrected chi connectivity index (χ0v) is 10.7. The average molecular weight is 243 g/mol. The molecule has 5 heteroatoms. The zero-order valence-electron chi connectivity index (χ0n) is 10.7. The van der Waals surface area contributed by atoms with E-state index in [4.69, 9.17) is 9.84 Å². The second-order valence-corrected chi connectivity index (χ2v) is 5.57. The van der Waals surface area contributed by atoms with Crippen molar-refractivity contribution in [2.75, 3.05) is 13.2 Å². The number of hydrogen-bond donors (Lipinski definition) is 2. The summed E-state index contributed by atoms with van der Waals surface area (Å²) in [5, 5.41) is 11.9. The van der Waals surface area contributed by atoms with E-state index in [0.717, 1.165) is 6.42 Å². The van der Waals surface area contributed by atoms with Crippen molar-refractivity contribution >= 4 is 11.9 Å². The number of carboxylic acid groups (broad SMARTS) is 1. The zero-order chi connectivity index (χ0) is 13.1. The molecule has 0 saturated carbocycles. The molecule has 0 bridgehead atoms. The maximum absolute atomic E-state index is 11.7. The van der Waals surface area contributed by atoms with Crippen LogP contribution < -0.4 is 5.32 Å². The molecule has 0 aromatic heterocycles. The van der Waals surface area contributed by atoms with Crippen molar-refractivity contribution in [1.82, 2.24) is 5.32 Å². The van der Waals surface area contributed by atoms with Crippen LogP contribution in [0.25, 0.3) is 0 Å². The number of carbonyl (C=O) groups is 2. The van der Waals surface area contributed by atoms with Crippen molar-refractivity contribution in [2.24, 2.45) is 11.8 Å². The van der Waals surface area contributed by atoms with Crippen molar-refractivity contribution in [3.63, 3.8) is 0 Å². The minimum absolute atomic E-state index is 0.0284. The summed E-state index contributed by atoms with van der Waals surface area (Å²) in [5.74, 6) is -1.81. The molecule has 2 unspecified atom stereocenters. The molecule has 1 aliphatic heterocycles. The van der Waals surface area contributed by atoms with E-state index < -0.39 is 11.9 Å². The third kappa shape index (κ3) is 4.73. The van der Waals surface area contributed by atoms with Crippen LogP contribution in [0, 0.1) is 11.8 Å². The second-order valence-electron chi connectivity index (χ2n) is 5.57. The Labute approximate surface area is 102 Å². The molecule has 5 nitrogen and oxygen atoms in total. The maximum Gasteiger partial charge on any atom is 0.307 e. The molecule has 0 aliphatic carbocycles. The molecule has 98 valence electrons. The summed E-state index contributed by atoms with van der Waals surface area (Å²) in [6.07, 6.45) is 0.750. The van der Waals surface area contributed by atoms with Gasteiger partial charge in [0.1, 0.15) is 0 Å². The number of amides is 1. The number of carboxylic acids is 1. The Morgan fingerprint density at radius 3 is 2.53 bits per heavy atom. The number of nitrogens with one attached hydrogen (secondary N) is 1.